The third-order valence-corrected chi connectivity index (χ3v) is 11.9. The van der Waals surface area contributed by atoms with Crippen LogP contribution in [-0.2, 0) is 14.3 Å². The van der Waals surface area contributed by atoms with Crippen molar-refractivity contribution in [1.29, 1.82) is 0 Å². The van der Waals surface area contributed by atoms with E-state index in [1.165, 1.54) is 96.3 Å². The molecule has 10 unspecified atom stereocenters. The third kappa shape index (κ3) is 7.92. The first-order valence-electron chi connectivity index (χ1n) is 17.5. The second-order valence-electron chi connectivity index (χ2n) is 14.3. The minimum atomic E-state index is 0.000274. The summed E-state index contributed by atoms with van der Waals surface area (Å²) in [4.78, 5) is 5.28. The number of rotatable bonds is 9. The fourth-order valence-corrected chi connectivity index (χ4v) is 9.84. The van der Waals surface area contributed by atoms with Crippen molar-refractivity contribution >= 4 is 12.9 Å². The summed E-state index contributed by atoms with van der Waals surface area (Å²) in [6.07, 6.45) is 26.5. The summed E-state index contributed by atoms with van der Waals surface area (Å²) in [6, 6.07) is 2.87. The zero-order chi connectivity index (χ0) is 27.9. The van der Waals surface area contributed by atoms with Crippen LogP contribution in [0.5, 0.6) is 0 Å². The van der Waals surface area contributed by atoms with Crippen LogP contribution in [0, 0.1) is 23.7 Å². The molecule has 6 aliphatic carbocycles. The monoisotopic (exact) mass is 589 g/mol. The molecule has 0 aromatic rings. The van der Waals surface area contributed by atoms with Gasteiger partial charge in [-0.3, -0.25) is 0 Å². The quantitative estimate of drug-likeness (QED) is 0.0927. The third-order valence-electron chi connectivity index (χ3n) is 11.9. The van der Waals surface area contributed by atoms with Gasteiger partial charge >= 0.3 is 0 Å². The zero-order valence-electron chi connectivity index (χ0n) is 25.2. The molecule has 6 rings (SSSR count). The highest BCUT2D eigenvalue weighted by molar-refractivity contribution is 7.74. The maximum Gasteiger partial charge on any atom is 0.0982 e. The van der Waals surface area contributed by atoms with Crippen LogP contribution in [0.1, 0.15) is 135 Å². The van der Waals surface area contributed by atoms with E-state index >= 15 is 0 Å². The molecule has 0 radical (unpaired) electrons. The summed E-state index contributed by atoms with van der Waals surface area (Å²) < 4.78 is 4.32. The summed E-state index contributed by atoms with van der Waals surface area (Å²) in [7, 11) is 0. The van der Waals surface area contributed by atoms with Gasteiger partial charge in [-0.15, -0.1) is 4.33 Å². The van der Waals surface area contributed by atoms with Crippen LogP contribution in [0.2, 0.25) is 0 Å². The lowest BCUT2D eigenvalue weighted by molar-refractivity contribution is -0.478. The largest absolute Gasteiger partial charge is 0.311 e. The second kappa shape index (κ2) is 15.4. The van der Waals surface area contributed by atoms with Crippen molar-refractivity contribution in [3.8, 4) is 0 Å². The van der Waals surface area contributed by atoms with Gasteiger partial charge in [0.25, 0.3) is 0 Å². The Kier molecular flexibility index (Phi) is 11.4. The predicted octanol–water partition coefficient (Wildman–Crippen LogP) is 8.52. The summed E-state index contributed by atoms with van der Waals surface area (Å²) in [5.74, 6) is 2.78. The lowest BCUT2D eigenvalue weighted by atomic mass is 9.65. The van der Waals surface area contributed by atoms with Crippen LogP contribution < -0.4 is 5.32 Å². The molecule has 0 saturated heterocycles. The van der Waals surface area contributed by atoms with Crippen molar-refractivity contribution in [2.75, 3.05) is 0 Å². The van der Waals surface area contributed by atoms with Gasteiger partial charge in [-0.1, -0.05) is 50.0 Å². The Morgan fingerprint density at radius 1 is 0.512 bits per heavy atom. The Morgan fingerprint density at radius 2 is 1.07 bits per heavy atom. The molecule has 6 aliphatic rings. The Balaban J connectivity index is 1.05. The first kappa shape index (κ1) is 30.4. The van der Waals surface area contributed by atoms with Gasteiger partial charge in [0.1, 0.15) is 0 Å². The molecule has 0 aromatic carbocycles. The molecular formula is C32H55N5O3S. The summed E-state index contributed by atoms with van der Waals surface area (Å²) in [5, 5.41) is 29.1. The van der Waals surface area contributed by atoms with Gasteiger partial charge in [0.05, 0.1) is 30.3 Å². The van der Waals surface area contributed by atoms with Crippen LogP contribution in [-0.4, -0.2) is 42.4 Å². The average molecular weight is 590 g/mol. The molecule has 10 atom stereocenters. The minimum absolute atomic E-state index is 0.000274. The fraction of sp³-hybridized carbons (Fsp3) is 1.00. The topological polar surface area (TPSA) is 89.2 Å². The fourth-order valence-electron chi connectivity index (χ4n) is 9.80. The van der Waals surface area contributed by atoms with Gasteiger partial charge in [-0.25, -0.2) is 4.89 Å². The van der Waals surface area contributed by atoms with Crippen molar-refractivity contribution in [2.24, 2.45) is 44.1 Å². The van der Waals surface area contributed by atoms with E-state index in [1.807, 2.05) is 0 Å². The van der Waals surface area contributed by atoms with Crippen LogP contribution in [0.15, 0.2) is 20.5 Å². The molecule has 0 bridgehead atoms. The van der Waals surface area contributed by atoms with Crippen LogP contribution in [0.3, 0.4) is 0 Å². The van der Waals surface area contributed by atoms with Gasteiger partial charge in [0, 0.05) is 31.4 Å². The van der Waals surface area contributed by atoms with E-state index in [-0.39, 0.29) is 12.1 Å². The van der Waals surface area contributed by atoms with E-state index in [0.29, 0.717) is 36.0 Å². The molecule has 1 N–H and O–H groups in total. The highest BCUT2D eigenvalue weighted by atomic mass is 32.1. The molecule has 8 nitrogen and oxygen atoms in total. The van der Waals surface area contributed by atoms with E-state index in [9.17, 15) is 0 Å². The molecule has 0 aliphatic heterocycles. The molecule has 0 amide bonds. The summed E-state index contributed by atoms with van der Waals surface area (Å²) in [6.45, 7) is 0. The van der Waals surface area contributed by atoms with E-state index < -0.39 is 0 Å². The van der Waals surface area contributed by atoms with Crippen LogP contribution in [0.25, 0.3) is 0 Å². The van der Waals surface area contributed by atoms with E-state index in [4.69, 9.17) is 25.3 Å². The maximum absolute atomic E-state index is 5.28. The number of hydrogen-bond donors (Lipinski definition) is 2. The Bertz CT molecular complexity index is 857. The van der Waals surface area contributed by atoms with Gasteiger partial charge in [0.15, 0.2) is 0 Å². The first-order valence-corrected chi connectivity index (χ1v) is 17.8. The first-order chi connectivity index (χ1) is 20.3. The SMILES string of the molecule is SOOOC1CCCC(N=NC2CCC(N=NC3CCC(NC4CCCCC4)C4CCCCC34)C3CCCCC23)C1. The number of nitrogens with one attached hydrogen (secondary N) is 1. The Morgan fingerprint density at radius 3 is 1.73 bits per heavy atom. The van der Waals surface area contributed by atoms with Crippen molar-refractivity contribution in [3.63, 3.8) is 0 Å². The molecule has 0 aromatic heterocycles. The highest BCUT2D eigenvalue weighted by Gasteiger charge is 2.44. The van der Waals surface area contributed by atoms with E-state index in [1.54, 1.807) is 0 Å². The van der Waals surface area contributed by atoms with Gasteiger partial charge in [0.2, 0.25) is 0 Å². The highest BCUT2D eigenvalue weighted by Crippen LogP contribution is 2.46. The molecule has 0 spiro atoms. The molecule has 41 heavy (non-hydrogen) atoms. The van der Waals surface area contributed by atoms with Gasteiger partial charge in [-0.2, -0.15) is 20.5 Å². The number of hydrogen-bond acceptors (Lipinski definition) is 9. The minimum Gasteiger partial charge on any atom is -0.311 e. The smallest absolute Gasteiger partial charge is 0.0982 e. The average Bonchev–Trinajstić information content (AvgIpc) is 3.03. The molecule has 9 heteroatoms. The molecular weight excluding hydrogens is 534 g/mol. The van der Waals surface area contributed by atoms with Gasteiger partial charge in [-0.05, 0) is 107 Å². The zero-order valence-corrected chi connectivity index (χ0v) is 26.1. The molecule has 0 heterocycles. The number of azo groups is 2. The van der Waals surface area contributed by atoms with Crippen molar-refractivity contribution in [3.05, 3.63) is 0 Å². The maximum atomic E-state index is 5.28. The van der Waals surface area contributed by atoms with Crippen molar-refractivity contribution in [1.82, 2.24) is 5.32 Å². The number of thiol groups is 1. The van der Waals surface area contributed by atoms with E-state index in [2.05, 4.69) is 27.6 Å². The molecule has 232 valence electrons. The van der Waals surface area contributed by atoms with Crippen molar-refractivity contribution < 1.29 is 14.3 Å². The van der Waals surface area contributed by atoms with Crippen LogP contribution in [0.4, 0.5) is 0 Å². The normalized spacial score (nSPS) is 42.8. The van der Waals surface area contributed by atoms with E-state index in [0.717, 1.165) is 56.4 Å². The lowest BCUT2D eigenvalue weighted by Crippen LogP contribution is -2.51. The van der Waals surface area contributed by atoms with Crippen molar-refractivity contribution in [2.45, 2.75) is 177 Å². The summed E-state index contributed by atoms with van der Waals surface area (Å²) in [5.41, 5.74) is 0. The standard InChI is InChI=1S/C32H55N5O3S/c41-40-39-38-24-12-8-11-23(21-24)34-35-30-19-20-32(28-16-7-6-15-27(28)30)37-36-31-18-17-29(25-13-4-5-14-26(25)31)33-22-9-2-1-3-10-22/h22-33,41H,1-21H2. The lowest BCUT2D eigenvalue weighted by Gasteiger charge is -2.46. The second-order valence-corrected chi connectivity index (χ2v) is 14.5. The molecule has 6 fully saturated rings. The van der Waals surface area contributed by atoms with Crippen LogP contribution >= 0.6 is 12.9 Å². The van der Waals surface area contributed by atoms with Gasteiger partial charge < -0.3 is 5.32 Å². The molecule has 6 saturated carbocycles. The summed E-state index contributed by atoms with van der Waals surface area (Å²) >= 11 is 3.59. The predicted molar refractivity (Wildman–Crippen MR) is 163 cm³/mol. The Labute approximate surface area is 253 Å². The number of fused-ring (bicyclic) bond motifs is 2. The Hall–Kier alpha value is -0.610. The number of nitrogens with zero attached hydrogens (tertiary/aromatic N) is 4.